The molecule has 0 aliphatic heterocycles. The first-order valence-corrected chi connectivity index (χ1v) is 7.68. The number of methoxy groups -OCH3 is 1. The molecule has 0 amide bonds. The van der Waals surface area contributed by atoms with Gasteiger partial charge in [-0.1, -0.05) is 45.2 Å². The molecule has 1 aromatic rings. The molecule has 1 atom stereocenters. The van der Waals surface area contributed by atoms with Gasteiger partial charge in [0, 0.05) is 6.08 Å². The van der Waals surface area contributed by atoms with Gasteiger partial charge in [0.25, 0.3) is 0 Å². The molecule has 116 valence electrons. The van der Waals surface area contributed by atoms with Crippen LogP contribution in [0.5, 0.6) is 5.75 Å². The van der Waals surface area contributed by atoms with E-state index in [9.17, 15) is 4.79 Å². The van der Waals surface area contributed by atoms with Gasteiger partial charge < -0.3 is 9.47 Å². The highest BCUT2D eigenvalue weighted by molar-refractivity contribution is 5.87. The number of carbonyl (C=O) groups excluding carboxylic acids is 1. The van der Waals surface area contributed by atoms with E-state index >= 15 is 0 Å². The lowest BCUT2D eigenvalue weighted by atomic mass is 10.0. The van der Waals surface area contributed by atoms with Gasteiger partial charge in [-0.05, 0) is 36.1 Å². The monoisotopic (exact) mass is 290 g/mol. The van der Waals surface area contributed by atoms with Gasteiger partial charge in [0.1, 0.15) is 5.75 Å². The SMILES string of the molecule is CCCC[C@H](CC)COC(=O)C=Cc1ccc(OC)cc1. The maximum atomic E-state index is 11.7. The van der Waals surface area contributed by atoms with Crippen LogP contribution in [0, 0.1) is 5.92 Å². The number of ether oxygens (including phenoxy) is 2. The van der Waals surface area contributed by atoms with E-state index in [1.54, 1.807) is 13.2 Å². The summed E-state index contributed by atoms with van der Waals surface area (Å²) < 4.78 is 10.4. The summed E-state index contributed by atoms with van der Waals surface area (Å²) in [5, 5.41) is 0. The predicted molar refractivity (Wildman–Crippen MR) is 86.3 cm³/mol. The van der Waals surface area contributed by atoms with Gasteiger partial charge in [-0.25, -0.2) is 4.79 Å². The van der Waals surface area contributed by atoms with E-state index in [1.165, 1.54) is 18.9 Å². The van der Waals surface area contributed by atoms with Gasteiger partial charge >= 0.3 is 5.97 Å². The first-order chi connectivity index (χ1) is 10.2. The second-order valence-electron chi connectivity index (χ2n) is 5.15. The van der Waals surface area contributed by atoms with Gasteiger partial charge in [0.05, 0.1) is 13.7 Å². The van der Waals surface area contributed by atoms with Crippen LogP contribution in [0.4, 0.5) is 0 Å². The van der Waals surface area contributed by atoms with Gasteiger partial charge in [0.2, 0.25) is 0 Å². The Morgan fingerprint density at radius 1 is 1.24 bits per heavy atom. The Bertz CT molecular complexity index is 434. The third-order valence-corrected chi connectivity index (χ3v) is 3.53. The summed E-state index contributed by atoms with van der Waals surface area (Å²) in [4.78, 5) is 11.7. The van der Waals surface area contributed by atoms with E-state index in [-0.39, 0.29) is 5.97 Å². The molecule has 3 heteroatoms. The first-order valence-electron chi connectivity index (χ1n) is 7.68. The molecular weight excluding hydrogens is 264 g/mol. The van der Waals surface area contributed by atoms with Gasteiger partial charge in [0.15, 0.2) is 0 Å². The van der Waals surface area contributed by atoms with Crippen molar-refractivity contribution in [2.24, 2.45) is 5.92 Å². The van der Waals surface area contributed by atoms with E-state index < -0.39 is 0 Å². The Morgan fingerprint density at radius 2 is 1.95 bits per heavy atom. The van der Waals surface area contributed by atoms with Crippen molar-refractivity contribution in [3.63, 3.8) is 0 Å². The molecule has 0 fully saturated rings. The minimum atomic E-state index is -0.277. The summed E-state index contributed by atoms with van der Waals surface area (Å²) in [5.74, 6) is 1.00. The zero-order chi connectivity index (χ0) is 15.5. The Balaban J connectivity index is 2.39. The molecule has 0 saturated heterocycles. The number of carbonyl (C=O) groups is 1. The molecular formula is C18H26O3. The van der Waals surface area contributed by atoms with Crippen LogP contribution >= 0.6 is 0 Å². The van der Waals surface area contributed by atoms with Crippen LogP contribution in [0.1, 0.15) is 45.1 Å². The molecule has 0 heterocycles. The quantitative estimate of drug-likeness (QED) is 0.497. The third kappa shape index (κ3) is 6.98. The summed E-state index contributed by atoms with van der Waals surface area (Å²) in [5.41, 5.74) is 0.950. The molecule has 21 heavy (non-hydrogen) atoms. The molecule has 1 aromatic carbocycles. The number of unbranched alkanes of at least 4 members (excludes halogenated alkanes) is 1. The van der Waals surface area contributed by atoms with Crippen molar-refractivity contribution >= 4 is 12.0 Å². The minimum absolute atomic E-state index is 0.277. The Kier molecular flexibility index (Phi) is 8.25. The lowest BCUT2D eigenvalue weighted by molar-refractivity contribution is -0.139. The summed E-state index contributed by atoms with van der Waals surface area (Å²) in [6.45, 7) is 4.83. The van der Waals surface area contributed by atoms with E-state index in [4.69, 9.17) is 9.47 Å². The lowest BCUT2D eigenvalue weighted by Gasteiger charge is -2.13. The zero-order valence-corrected chi connectivity index (χ0v) is 13.3. The van der Waals surface area contributed by atoms with Crippen LogP contribution in [0.25, 0.3) is 6.08 Å². The largest absolute Gasteiger partial charge is 0.497 e. The lowest BCUT2D eigenvalue weighted by Crippen LogP contribution is -2.12. The number of esters is 1. The standard InChI is InChI=1S/C18H26O3/c1-4-6-7-15(5-2)14-21-18(19)13-10-16-8-11-17(20-3)12-9-16/h8-13,15H,4-7,14H2,1-3H3/t15-/m0/s1. The highest BCUT2D eigenvalue weighted by Crippen LogP contribution is 2.14. The van der Waals surface area contributed by atoms with Crippen LogP contribution in [0.3, 0.4) is 0 Å². The zero-order valence-electron chi connectivity index (χ0n) is 13.3. The fourth-order valence-electron chi connectivity index (χ4n) is 2.03. The number of rotatable bonds is 9. The first kappa shape index (κ1) is 17.3. The van der Waals surface area contributed by atoms with Crippen molar-refractivity contribution in [1.29, 1.82) is 0 Å². The smallest absolute Gasteiger partial charge is 0.330 e. The molecule has 0 saturated carbocycles. The summed E-state index contributed by atoms with van der Waals surface area (Å²) in [6.07, 6.45) is 7.79. The van der Waals surface area contributed by atoms with Crippen molar-refractivity contribution in [2.75, 3.05) is 13.7 Å². The highest BCUT2D eigenvalue weighted by Gasteiger charge is 2.08. The molecule has 0 radical (unpaired) electrons. The topological polar surface area (TPSA) is 35.5 Å². The molecule has 0 unspecified atom stereocenters. The van der Waals surface area contributed by atoms with Crippen LogP contribution in [0.2, 0.25) is 0 Å². The molecule has 0 spiro atoms. The molecule has 1 rings (SSSR count). The average Bonchev–Trinajstić information content (AvgIpc) is 2.53. The summed E-state index contributed by atoms with van der Waals surface area (Å²) >= 11 is 0. The maximum absolute atomic E-state index is 11.7. The molecule has 0 bridgehead atoms. The van der Waals surface area contributed by atoms with Crippen molar-refractivity contribution < 1.29 is 14.3 Å². The molecule has 0 aliphatic rings. The summed E-state index contributed by atoms with van der Waals surface area (Å²) in [7, 11) is 1.63. The third-order valence-electron chi connectivity index (χ3n) is 3.53. The molecule has 3 nitrogen and oxygen atoms in total. The van der Waals surface area contributed by atoms with Crippen LogP contribution in [0.15, 0.2) is 30.3 Å². The normalized spacial score (nSPS) is 12.3. The highest BCUT2D eigenvalue weighted by atomic mass is 16.5. The van der Waals surface area contributed by atoms with Crippen molar-refractivity contribution in [3.8, 4) is 5.75 Å². The Hall–Kier alpha value is -1.77. The van der Waals surface area contributed by atoms with E-state index in [2.05, 4.69) is 13.8 Å². The van der Waals surface area contributed by atoms with Crippen molar-refractivity contribution in [3.05, 3.63) is 35.9 Å². The minimum Gasteiger partial charge on any atom is -0.497 e. The second kappa shape index (κ2) is 10.0. The van der Waals surface area contributed by atoms with E-state index in [1.807, 2.05) is 24.3 Å². The molecule has 0 aromatic heterocycles. The van der Waals surface area contributed by atoms with Crippen molar-refractivity contribution in [1.82, 2.24) is 0 Å². The molecule has 0 N–H and O–H groups in total. The number of hydrogen-bond acceptors (Lipinski definition) is 3. The fourth-order valence-corrected chi connectivity index (χ4v) is 2.03. The summed E-state index contributed by atoms with van der Waals surface area (Å²) in [6, 6.07) is 7.53. The van der Waals surface area contributed by atoms with Gasteiger partial charge in [-0.2, -0.15) is 0 Å². The Morgan fingerprint density at radius 3 is 2.52 bits per heavy atom. The van der Waals surface area contributed by atoms with Crippen LogP contribution in [-0.4, -0.2) is 19.7 Å². The number of benzene rings is 1. The van der Waals surface area contributed by atoms with Crippen LogP contribution < -0.4 is 4.74 Å². The van der Waals surface area contributed by atoms with Gasteiger partial charge in [-0.15, -0.1) is 0 Å². The maximum Gasteiger partial charge on any atom is 0.330 e. The van der Waals surface area contributed by atoms with Crippen LogP contribution in [-0.2, 0) is 9.53 Å². The second-order valence-corrected chi connectivity index (χ2v) is 5.15. The van der Waals surface area contributed by atoms with E-state index in [0.29, 0.717) is 12.5 Å². The Labute approximate surface area is 128 Å². The predicted octanol–water partition coefficient (Wildman–Crippen LogP) is 4.47. The van der Waals surface area contributed by atoms with Gasteiger partial charge in [-0.3, -0.25) is 0 Å². The van der Waals surface area contributed by atoms with E-state index in [0.717, 1.165) is 24.2 Å². The molecule has 0 aliphatic carbocycles. The van der Waals surface area contributed by atoms with Crippen molar-refractivity contribution in [2.45, 2.75) is 39.5 Å². The number of hydrogen-bond donors (Lipinski definition) is 0. The average molecular weight is 290 g/mol. The fraction of sp³-hybridized carbons (Fsp3) is 0.500.